The van der Waals surface area contributed by atoms with Gasteiger partial charge in [-0.2, -0.15) is 0 Å². The minimum absolute atomic E-state index is 0.143. The zero-order chi connectivity index (χ0) is 14.7. The lowest BCUT2D eigenvalue weighted by molar-refractivity contribution is 0.589. The molecule has 0 aromatic heterocycles. The molecule has 0 saturated carbocycles. The van der Waals surface area contributed by atoms with Gasteiger partial charge in [0.1, 0.15) is 0 Å². The number of nitrogens with one attached hydrogen (secondary N) is 1. The molecule has 0 aliphatic heterocycles. The van der Waals surface area contributed by atoms with E-state index in [1.807, 2.05) is 37.4 Å². The first-order valence-electron chi connectivity index (χ1n) is 6.39. The minimum atomic E-state index is 0.143. The number of benzene rings is 2. The largest absolute Gasteiger partial charge is 0.313 e. The summed E-state index contributed by atoms with van der Waals surface area (Å²) in [5.41, 5.74) is 3.40. The average Bonchev–Trinajstić information content (AvgIpc) is 2.43. The van der Waals surface area contributed by atoms with Gasteiger partial charge in [0.25, 0.3) is 0 Å². The van der Waals surface area contributed by atoms with E-state index in [0.717, 1.165) is 17.0 Å². The molecule has 0 saturated heterocycles. The van der Waals surface area contributed by atoms with Crippen molar-refractivity contribution in [1.82, 2.24) is 5.32 Å². The molecule has 0 radical (unpaired) electrons. The summed E-state index contributed by atoms with van der Waals surface area (Å²) in [5, 5.41) is 5.26. The fourth-order valence-electron chi connectivity index (χ4n) is 2.28. The van der Waals surface area contributed by atoms with Crippen LogP contribution in [0, 0.1) is 6.92 Å². The van der Waals surface area contributed by atoms with Gasteiger partial charge in [-0.05, 0) is 55.3 Å². The first-order chi connectivity index (χ1) is 9.52. The third-order valence-electron chi connectivity index (χ3n) is 3.42. The standard InChI is InChI=1S/C16H16Cl3N/c1-10-6-7-12(17)9-13(10)15(20-2)8-11-4-3-5-14(18)16(11)19/h3-7,9,15,20H,8H2,1-2H3. The molecule has 1 nitrogen and oxygen atoms in total. The second-order valence-corrected chi connectivity index (χ2v) is 5.98. The quantitative estimate of drug-likeness (QED) is 0.786. The Labute approximate surface area is 134 Å². The molecule has 4 heteroatoms. The van der Waals surface area contributed by atoms with Gasteiger partial charge in [0.2, 0.25) is 0 Å². The van der Waals surface area contributed by atoms with Crippen molar-refractivity contribution in [3.05, 3.63) is 68.2 Å². The van der Waals surface area contributed by atoms with Crippen molar-refractivity contribution in [3.8, 4) is 0 Å². The Morgan fingerprint density at radius 2 is 1.85 bits per heavy atom. The fourth-order valence-corrected chi connectivity index (χ4v) is 2.86. The second kappa shape index (κ2) is 6.82. The molecule has 0 bridgehead atoms. The van der Waals surface area contributed by atoms with Gasteiger partial charge in [0, 0.05) is 11.1 Å². The van der Waals surface area contributed by atoms with E-state index in [0.29, 0.717) is 10.0 Å². The van der Waals surface area contributed by atoms with Crippen molar-refractivity contribution in [2.45, 2.75) is 19.4 Å². The van der Waals surface area contributed by atoms with E-state index in [1.54, 1.807) is 6.07 Å². The topological polar surface area (TPSA) is 12.0 Å². The molecule has 0 aliphatic carbocycles. The molecule has 2 rings (SSSR count). The SMILES string of the molecule is CNC(Cc1cccc(Cl)c1Cl)c1cc(Cl)ccc1C. The summed E-state index contributed by atoms with van der Waals surface area (Å²) in [6, 6.07) is 11.8. The van der Waals surface area contributed by atoms with Crippen molar-refractivity contribution in [2.75, 3.05) is 7.05 Å². The predicted molar refractivity (Wildman–Crippen MR) is 88.2 cm³/mol. The maximum absolute atomic E-state index is 6.27. The number of hydrogen-bond donors (Lipinski definition) is 1. The third kappa shape index (κ3) is 3.48. The molecular weight excluding hydrogens is 313 g/mol. The lowest BCUT2D eigenvalue weighted by atomic mass is 9.95. The number of halogens is 3. The van der Waals surface area contributed by atoms with E-state index in [9.17, 15) is 0 Å². The van der Waals surface area contributed by atoms with Crippen LogP contribution >= 0.6 is 34.8 Å². The normalized spacial score (nSPS) is 12.4. The van der Waals surface area contributed by atoms with Crippen LogP contribution in [0.3, 0.4) is 0 Å². The highest BCUT2D eigenvalue weighted by molar-refractivity contribution is 6.42. The summed E-state index contributed by atoms with van der Waals surface area (Å²) < 4.78 is 0. The summed E-state index contributed by atoms with van der Waals surface area (Å²) in [7, 11) is 1.93. The molecule has 1 atom stereocenters. The van der Waals surface area contributed by atoms with E-state index in [-0.39, 0.29) is 6.04 Å². The summed E-state index contributed by atoms with van der Waals surface area (Å²) in [6.45, 7) is 2.08. The molecule has 106 valence electrons. The Balaban J connectivity index is 2.34. The second-order valence-electron chi connectivity index (χ2n) is 4.76. The lowest BCUT2D eigenvalue weighted by Crippen LogP contribution is -2.20. The predicted octanol–water partition coefficient (Wildman–Crippen LogP) is 5.46. The van der Waals surface area contributed by atoms with Crippen LogP contribution < -0.4 is 5.32 Å². The van der Waals surface area contributed by atoms with E-state index >= 15 is 0 Å². The van der Waals surface area contributed by atoms with Crippen LogP contribution in [0.15, 0.2) is 36.4 Å². The third-order valence-corrected chi connectivity index (χ3v) is 4.51. The molecule has 1 N–H and O–H groups in total. The van der Waals surface area contributed by atoms with Crippen LogP contribution in [0.4, 0.5) is 0 Å². The van der Waals surface area contributed by atoms with Gasteiger partial charge in [-0.25, -0.2) is 0 Å². The van der Waals surface area contributed by atoms with Gasteiger partial charge in [-0.1, -0.05) is 53.0 Å². The van der Waals surface area contributed by atoms with Gasteiger partial charge in [-0.15, -0.1) is 0 Å². The number of aryl methyl sites for hydroxylation is 1. The van der Waals surface area contributed by atoms with Gasteiger partial charge >= 0.3 is 0 Å². The van der Waals surface area contributed by atoms with Crippen molar-refractivity contribution in [2.24, 2.45) is 0 Å². The molecule has 20 heavy (non-hydrogen) atoms. The van der Waals surface area contributed by atoms with Crippen LogP contribution in [-0.2, 0) is 6.42 Å². The van der Waals surface area contributed by atoms with Gasteiger partial charge < -0.3 is 5.32 Å². The van der Waals surface area contributed by atoms with Crippen LogP contribution in [0.25, 0.3) is 0 Å². The Morgan fingerprint density at radius 3 is 2.55 bits per heavy atom. The van der Waals surface area contributed by atoms with Crippen LogP contribution in [0.5, 0.6) is 0 Å². The van der Waals surface area contributed by atoms with Gasteiger partial charge in [0.05, 0.1) is 10.0 Å². The highest BCUT2D eigenvalue weighted by Crippen LogP contribution is 2.30. The number of likely N-dealkylation sites (N-methyl/N-ethyl adjacent to an activating group) is 1. The van der Waals surface area contributed by atoms with Crippen LogP contribution in [-0.4, -0.2) is 7.05 Å². The van der Waals surface area contributed by atoms with Gasteiger partial charge in [0.15, 0.2) is 0 Å². The fraction of sp³-hybridized carbons (Fsp3) is 0.250. The van der Waals surface area contributed by atoms with E-state index < -0.39 is 0 Å². The Kier molecular flexibility index (Phi) is 5.34. The minimum Gasteiger partial charge on any atom is -0.313 e. The first kappa shape index (κ1) is 15.7. The van der Waals surface area contributed by atoms with Crippen molar-refractivity contribution in [3.63, 3.8) is 0 Å². The maximum Gasteiger partial charge on any atom is 0.0624 e. The zero-order valence-corrected chi connectivity index (χ0v) is 13.7. The summed E-state index contributed by atoms with van der Waals surface area (Å²) >= 11 is 18.4. The highest BCUT2D eigenvalue weighted by atomic mass is 35.5. The number of hydrogen-bond acceptors (Lipinski definition) is 1. The molecule has 0 amide bonds. The molecular formula is C16H16Cl3N. The molecule has 0 spiro atoms. The number of rotatable bonds is 4. The van der Waals surface area contributed by atoms with Gasteiger partial charge in [-0.3, -0.25) is 0 Å². The average molecular weight is 329 g/mol. The molecule has 2 aromatic carbocycles. The molecule has 0 fully saturated rings. The summed E-state index contributed by atoms with van der Waals surface area (Å²) in [6.07, 6.45) is 0.761. The van der Waals surface area contributed by atoms with Crippen molar-refractivity contribution in [1.29, 1.82) is 0 Å². The van der Waals surface area contributed by atoms with Crippen molar-refractivity contribution >= 4 is 34.8 Å². The molecule has 0 aliphatic rings. The maximum atomic E-state index is 6.27. The van der Waals surface area contributed by atoms with Crippen molar-refractivity contribution < 1.29 is 0 Å². The monoisotopic (exact) mass is 327 g/mol. The highest BCUT2D eigenvalue weighted by Gasteiger charge is 2.15. The summed E-state index contributed by atoms with van der Waals surface area (Å²) in [4.78, 5) is 0. The molecule has 2 aromatic rings. The smallest absolute Gasteiger partial charge is 0.0624 e. The Hall–Kier alpha value is -0.730. The van der Waals surface area contributed by atoms with E-state index in [1.165, 1.54) is 11.1 Å². The summed E-state index contributed by atoms with van der Waals surface area (Å²) in [5.74, 6) is 0. The van der Waals surface area contributed by atoms with Crippen LogP contribution in [0.1, 0.15) is 22.7 Å². The Bertz CT molecular complexity index is 611. The van der Waals surface area contributed by atoms with Crippen LogP contribution in [0.2, 0.25) is 15.1 Å². The molecule has 0 heterocycles. The first-order valence-corrected chi connectivity index (χ1v) is 7.52. The Morgan fingerprint density at radius 1 is 1.10 bits per heavy atom. The lowest BCUT2D eigenvalue weighted by Gasteiger charge is -2.20. The van der Waals surface area contributed by atoms with E-state index in [2.05, 4.69) is 12.2 Å². The molecule has 1 unspecified atom stereocenters. The van der Waals surface area contributed by atoms with E-state index in [4.69, 9.17) is 34.8 Å². The zero-order valence-electron chi connectivity index (χ0n) is 11.4.